The van der Waals surface area contributed by atoms with Crippen LogP contribution < -0.4 is 0 Å². The van der Waals surface area contributed by atoms with Crippen LogP contribution in [0.15, 0.2) is 90.1 Å². The summed E-state index contributed by atoms with van der Waals surface area (Å²) in [6.07, 6.45) is 2.09. The van der Waals surface area contributed by atoms with Gasteiger partial charge in [-0.2, -0.15) is 0 Å². The van der Waals surface area contributed by atoms with Gasteiger partial charge in [0, 0.05) is 12.6 Å². The minimum atomic E-state index is -0.348. The fourth-order valence-electron chi connectivity index (χ4n) is 3.94. The summed E-state index contributed by atoms with van der Waals surface area (Å²) in [7, 11) is 0. The second kappa shape index (κ2) is 10.2. The average molecular weight is 473 g/mol. The summed E-state index contributed by atoms with van der Waals surface area (Å²) in [4.78, 5) is 15.2. The smallest absolute Gasteiger partial charge is 0.233 e. The standard InChI is InChI=1S/C27H25FN4OS/c28-24-14-8-7-13-23(24)26-29-30-27(32(26)18-21-11-5-2-6-12-21)34-19-25(33)31(22-15-16-22)17-20-9-3-1-4-10-20/h1-14,22H,15-19H2. The Labute approximate surface area is 202 Å². The monoisotopic (exact) mass is 472 g/mol. The number of halogens is 1. The van der Waals surface area contributed by atoms with Crippen LogP contribution in [0, 0.1) is 5.82 Å². The normalized spacial score (nSPS) is 13.1. The molecule has 0 radical (unpaired) electrons. The Bertz CT molecular complexity index is 1260. The molecular weight excluding hydrogens is 447 g/mol. The minimum absolute atomic E-state index is 0.0815. The molecule has 0 atom stereocenters. The molecule has 3 aromatic carbocycles. The molecule has 1 fully saturated rings. The van der Waals surface area contributed by atoms with Gasteiger partial charge in [0.15, 0.2) is 11.0 Å². The maximum atomic E-state index is 14.6. The Morgan fingerprint density at radius 3 is 2.24 bits per heavy atom. The second-order valence-electron chi connectivity index (χ2n) is 8.38. The van der Waals surface area contributed by atoms with Crippen molar-refractivity contribution < 1.29 is 9.18 Å². The van der Waals surface area contributed by atoms with Crippen molar-refractivity contribution in [2.45, 2.75) is 37.1 Å². The molecule has 1 heterocycles. The molecule has 4 aromatic rings. The van der Waals surface area contributed by atoms with Crippen LogP contribution in [-0.4, -0.2) is 37.4 Å². The Morgan fingerprint density at radius 2 is 1.56 bits per heavy atom. The average Bonchev–Trinajstić information content (AvgIpc) is 3.64. The molecule has 1 amide bonds. The number of rotatable bonds is 9. The lowest BCUT2D eigenvalue weighted by atomic mass is 10.2. The maximum Gasteiger partial charge on any atom is 0.233 e. The van der Waals surface area contributed by atoms with E-state index in [1.54, 1.807) is 18.2 Å². The third-order valence-electron chi connectivity index (χ3n) is 5.84. The van der Waals surface area contributed by atoms with E-state index in [-0.39, 0.29) is 17.5 Å². The molecule has 34 heavy (non-hydrogen) atoms. The van der Waals surface area contributed by atoms with Gasteiger partial charge in [-0.15, -0.1) is 10.2 Å². The SMILES string of the molecule is O=C(CSc1nnc(-c2ccccc2F)n1Cc1ccccc1)N(Cc1ccccc1)C1CC1. The molecule has 172 valence electrons. The predicted molar refractivity (Wildman–Crippen MR) is 132 cm³/mol. The lowest BCUT2D eigenvalue weighted by Crippen LogP contribution is -2.34. The maximum absolute atomic E-state index is 14.6. The van der Waals surface area contributed by atoms with Gasteiger partial charge in [-0.25, -0.2) is 4.39 Å². The first-order valence-corrected chi connectivity index (χ1v) is 12.4. The lowest BCUT2D eigenvalue weighted by molar-refractivity contribution is -0.129. The number of benzene rings is 3. The van der Waals surface area contributed by atoms with Crippen LogP contribution in [0.3, 0.4) is 0 Å². The summed E-state index contributed by atoms with van der Waals surface area (Å²) in [6.45, 7) is 1.10. The number of carbonyl (C=O) groups is 1. The lowest BCUT2D eigenvalue weighted by Gasteiger charge is -2.22. The zero-order valence-corrected chi connectivity index (χ0v) is 19.5. The summed E-state index contributed by atoms with van der Waals surface area (Å²) in [5.74, 6) is 0.450. The highest BCUT2D eigenvalue weighted by molar-refractivity contribution is 7.99. The molecule has 1 aliphatic carbocycles. The Kier molecular flexibility index (Phi) is 6.72. The van der Waals surface area contributed by atoms with Crippen molar-refractivity contribution in [1.29, 1.82) is 0 Å². The van der Waals surface area contributed by atoms with E-state index < -0.39 is 0 Å². The molecule has 1 aromatic heterocycles. The zero-order valence-electron chi connectivity index (χ0n) is 18.7. The van der Waals surface area contributed by atoms with Crippen molar-refractivity contribution in [2.24, 2.45) is 0 Å². The molecule has 0 saturated heterocycles. The van der Waals surface area contributed by atoms with Crippen LogP contribution in [0.5, 0.6) is 0 Å². The number of hydrogen-bond acceptors (Lipinski definition) is 4. The van der Waals surface area contributed by atoms with E-state index in [0.29, 0.717) is 35.7 Å². The van der Waals surface area contributed by atoms with Gasteiger partial charge < -0.3 is 4.90 Å². The highest BCUT2D eigenvalue weighted by Gasteiger charge is 2.32. The molecule has 5 rings (SSSR count). The van der Waals surface area contributed by atoms with E-state index in [9.17, 15) is 9.18 Å². The number of thioether (sulfide) groups is 1. The quantitative estimate of drug-likeness (QED) is 0.306. The molecule has 5 nitrogen and oxygen atoms in total. The topological polar surface area (TPSA) is 51.0 Å². The van der Waals surface area contributed by atoms with Crippen molar-refractivity contribution in [3.63, 3.8) is 0 Å². The summed E-state index contributed by atoms with van der Waals surface area (Å²) in [6, 6.07) is 26.9. The van der Waals surface area contributed by atoms with Crippen LogP contribution in [-0.2, 0) is 17.9 Å². The number of amides is 1. The van der Waals surface area contributed by atoms with Crippen molar-refractivity contribution in [3.8, 4) is 11.4 Å². The zero-order chi connectivity index (χ0) is 23.3. The first-order valence-electron chi connectivity index (χ1n) is 11.4. The van der Waals surface area contributed by atoms with Gasteiger partial charge in [-0.05, 0) is 36.1 Å². The van der Waals surface area contributed by atoms with Crippen molar-refractivity contribution in [2.75, 3.05) is 5.75 Å². The van der Waals surface area contributed by atoms with Gasteiger partial charge in [-0.3, -0.25) is 9.36 Å². The van der Waals surface area contributed by atoms with E-state index in [2.05, 4.69) is 10.2 Å². The van der Waals surface area contributed by atoms with E-state index in [0.717, 1.165) is 24.0 Å². The van der Waals surface area contributed by atoms with E-state index in [4.69, 9.17) is 0 Å². The summed E-state index contributed by atoms with van der Waals surface area (Å²) in [5.41, 5.74) is 2.58. The largest absolute Gasteiger partial charge is 0.335 e. The number of nitrogens with zero attached hydrogens (tertiary/aromatic N) is 4. The van der Waals surface area contributed by atoms with Gasteiger partial charge in [0.1, 0.15) is 5.82 Å². The van der Waals surface area contributed by atoms with Crippen molar-refractivity contribution in [3.05, 3.63) is 102 Å². The molecule has 0 spiro atoms. The van der Waals surface area contributed by atoms with Crippen molar-refractivity contribution in [1.82, 2.24) is 19.7 Å². The molecule has 1 aliphatic rings. The highest BCUT2D eigenvalue weighted by atomic mass is 32.2. The van der Waals surface area contributed by atoms with Gasteiger partial charge >= 0.3 is 0 Å². The molecule has 0 aliphatic heterocycles. The Morgan fingerprint density at radius 1 is 0.912 bits per heavy atom. The molecule has 0 N–H and O–H groups in total. The predicted octanol–water partition coefficient (Wildman–Crippen LogP) is 5.42. The molecule has 1 saturated carbocycles. The Balaban J connectivity index is 1.37. The van der Waals surface area contributed by atoms with Crippen molar-refractivity contribution >= 4 is 17.7 Å². The summed E-state index contributed by atoms with van der Waals surface area (Å²) in [5, 5.41) is 9.26. The fraction of sp³-hybridized carbons (Fsp3) is 0.222. The van der Waals surface area contributed by atoms with Crippen LogP contribution in [0.1, 0.15) is 24.0 Å². The molecular formula is C27H25FN4OS. The number of aromatic nitrogens is 3. The fourth-order valence-corrected chi connectivity index (χ4v) is 4.77. The Hall–Kier alpha value is -3.45. The van der Waals surface area contributed by atoms with Gasteiger partial charge in [0.2, 0.25) is 5.91 Å². The molecule has 0 unspecified atom stereocenters. The van der Waals surface area contributed by atoms with Crippen LogP contribution in [0.25, 0.3) is 11.4 Å². The number of carbonyl (C=O) groups excluding carboxylic acids is 1. The third kappa shape index (κ3) is 5.20. The van der Waals surface area contributed by atoms with Gasteiger partial charge in [0.05, 0.1) is 17.9 Å². The van der Waals surface area contributed by atoms with Gasteiger partial charge in [0.25, 0.3) is 0 Å². The second-order valence-corrected chi connectivity index (χ2v) is 9.33. The molecule has 0 bridgehead atoms. The van der Waals surface area contributed by atoms with Crippen LogP contribution >= 0.6 is 11.8 Å². The molecule has 7 heteroatoms. The van der Waals surface area contributed by atoms with E-state index in [1.807, 2.05) is 70.1 Å². The van der Waals surface area contributed by atoms with Crippen LogP contribution in [0.4, 0.5) is 4.39 Å². The third-order valence-corrected chi connectivity index (χ3v) is 6.80. The minimum Gasteiger partial charge on any atom is -0.335 e. The first kappa shape index (κ1) is 22.3. The summed E-state index contributed by atoms with van der Waals surface area (Å²) >= 11 is 1.36. The van der Waals surface area contributed by atoms with E-state index >= 15 is 0 Å². The first-order chi connectivity index (χ1) is 16.7. The summed E-state index contributed by atoms with van der Waals surface area (Å²) < 4.78 is 16.5. The highest BCUT2D eigenvalue weighted by Crippen LogP contribution is 2.31. The van der Waals surface area contributed by atoms with E-state index in [1.165, 1.54) is 17.8 Å². The van der Waals surface area contributed by atoms with Crippen LogP contribution in [0.2, 0.25) is 0 Å². The van der Waals surface area contributed by atoms with Gasteiger partial charge in [-0.1, -0.05) is 84.6 Å². The number of hydrogen-bond donors (Lipinski definition) is 0.